The average Bonchev–Trinajstić information content (AvgIpc) is 3.22. The number of fused-ring (bicyclic) bond motifs is 1. The van der Waals surface area contributed by atoms with Gasteiger partial charge in [-0.1, -0.05) is 83.6 Å². The van der Waals surface area contributed by atoms with Crippen LogP contribution >= 0.6 is 22.9 Å². The van der Waals surface area contributed by atoms with E-state index in [9.17, 15) is 9.59 Å². The van der Waals surface area contributed by atoms with Crippen LogP contribution in [0, 0.1) is 0 Å². The molecule has 0 spiro atoms. The fraction of sp³-hybridized carbons (Fsp3) is 0.167. The number of carbonyl (C=O) groups excluding carboxylic acids is 1. The maximum Gasteiger partial charge on any atom is 0.338 e. The Kier molecular flexibility index (Phi) is 7.58. The molecule has 1 unspecified atom stereocenters. The summed E-state index contributed by atoms with van der Waals surface area (Å²) >= 11 is 7.40. The largest absolute Gasteiger partial charge is 0.488 e. The minimum atomic E-state index is -0.686. The number of nitrogens with zero attached hydrogens (tertiary/aromatic N) is 2. The molecule has 0 saturated heterocycles. The Balaban J connectivity index is 1.61. The van der Waals surface area contributed by atoms with Crippen molar-refractivity contribution < 1.29 is 14.3 Å². The summed E-state index contributed by atoms with van der Waals surface area (Å²) in [5.41, 5.74) is 3.17. The van der Waals surface area contributed by atoms with Crippen LogP contribution in [0.15, 0.2) is 99.9 Å². The molecule has 2 heterocycles. The van der Waals surface area contributed by atoms with Crippen LogP contribution in [0.2, 0.25) is 5.02 Å². The van der Waals surface area contributed by atoms with Gasteiger partial charge in [-0.25, -0.2) is 9.79 Å². The third-order valence-electron chi connectivity index (χ3n) is 6.15. The summed E-state index contributed by atoms with van der Waals surface area (Å²) in [5, 5.41) is 0.562. The first kappa shape index (κ1) is 25.7. The Morgan fingerprint density at radius 1 is 1.05 bits per heavy atom. The van der Waals surface area contributed by atoms with Gasteiger partial charge >= 0.3 is 5.97 Å². The van der Waals surface area contributed by atoms with Gasteiger partial charge in [-0.3, -0.25) is 9.36 Å². The van der Waals surface area contributed by atoms with Crippen molar-refractivity contribution in [3.05, 3.63) is 132 Å². The molecule has 4 aromatic rings. The van der Waals surface area contributed by atoms with E-state index in [0.29, 0.717) is 38.0 Å². The van der Waals surface area contributed by atoms with Crippen LogP contribution in [0.1, 0.15) is 36.6 Å². The Labute approximate surface area is 228 Å². The maximum absolute atomic E-state index is 13.8. The van der Waals surface area contributed by atoms with Gasteiger partial charge in [0, 0.05) is 10.6 Å². The third kappa shape index (κ3) is 5.21. The van der Waals surface area contributed by atoms with Gasteiger partial charge in [0.2, 0.25) is 0 Å². The van der Waals surface area contributed by atoms with Gasteiger partial charge in [0.25, 0.3) is 5.56 Å². The smallest absolute Gasteiger partial charge is 0.338 e. The van der Waals surface area contributed by atoms with Gasteiger partial charge in [-0.15, -0.1) is 0 Å². The van der Waals surface area contributed by atoms with E-state index < -0.39 is 12.0 Å². The molecule has 1 atom stereocenters. The van der Waals surface area contributed by atoms with E-state index in [-0.39, 0.29) is 12.2 Å². The number of aromatic nitrogens is 1. The normalized spacial score (nSPS) is 15.1. The molecular weight excluding hydrogens is 520 g/mol. The lowest BCUT2D eigenvalue weighted by atomic mass is 9.96. The number of hydrogen-bond donors (Lipinski definition) is 0. The van der Waals surface area contributed by atoms with Gasteiger partial charge < -0.3 is 9.47 Å². The molecule has 6 nitrogen and oxygen atoms in total. The van der Waals surface area contributed by atoms with E-state index in [2.05, 4.69) is 4.99 Å². The lowest BCUT2D eigenvalue weighted by molar-refractivity contribution is -0.139. The molecule has 1 aliphatic rings. The van der Waals surface area contributed by atoms with E-state index >= 15 is 0 Å². The molecule has 1 aliphatic heterocycles. The number of hydrogen-bond acceptors (Lipinski definition) is 6. The fourth-order valence-corrected chi connectivity index (χ4v) is 5.52. The lowest BCUT2D eigenvalue weighted by Gasteiger charge is -2.24. The van der Waals surface area contributed by atoms with Crippen LogP contribution in [0.4, 0.5) is 0 Å². The first-order valence-corrected chi connectivity index (χ1v) is 13.4. The van der Waals surface area contributed by atoms with Crippen LogP contribution in [0.5, 0.6) is 5.75 Å². The number of halogens is 1. The zero-order chi connectivity index (χ0) is 26.6. The summed E-state index contributed by atoms with van der Waals surface area (Å²) in [5.74, 6) is 0.169. The Bertz CT molecular complexity index is 1690. The average molecular weight is 545 g/mol. The van der Waals surface area contributed by atoms with Crippen LogP contribution in [-0.2, 0) is 16.1 Å². The van der Waals surface area contributed by atoms with Crippen molar-refractivity contribution in [2.75, 3.05) is 6.61 Å². The number of carbonyl (C=O) groups is 1. The molecule has 0 saturated carbocycles. The number of thiazole rings is 1. The van der Waals surface area contributed by atoms with Gasteiger partial charge in [0.1, 0.15) is 12.4 Å². The molecule has 5 rings (SSSR count). The number of esters is 1. The molecule has 3 aromatic carbocycles. The molecule has 8 heteroatoms. The van der Waals surface area contributed by atoms with Crippen molar-refractivity contribution in [2.24, 2.45) is 4.99 Å². The van der Waals surface area contributed by atoms with Gasteiger partial charge in [0.05, 0.1) is 28.5 Å². The first-order valence-electron chi connectivity index (χ1n) is 12.2. The molecule has 0 aliphatic carbocycles. The predicted octanol–water partition coefficient (Wildman–Crippen LogP) is 5.03. The highest BCUT2D eigenvalue weighted by atomic mass is 35.5. The van der Waals surface area contributed by atoms with E-state index in [1.54, 1.807) is 30.5 Å². The SMILES string of the molecule is CCOC(=O)C1=C(C)N=c2s/c(=C/c3ccccc3OCc3ccccc3)c(=O)n2C1c1ccc(Cl)cc1. The summed E-state index contributed by atoms with van der Waals surface area (Å²) in [7, 11) is 0. The molecule has 38 heavy (non-hydrogen) atoms. The monoisotopic (exact) mass is 544 g/mol. The van der Waals surface area contributed by atoms with Crippen molar-refractivity contribution >= 4 is 35.0 Å². The van der Waals surface area contributed by atoms with E-state index in [0.717, 1.165) is 16.7 Å². The number of para-hydroxylation sites is 1. The molecule has 0 fully saturated rings. The van der Waals surface area contributed by atoms with Crippen LogP contribution in [-0.4, -0.2) is 17.1 Å². The Morgan fingerprint density at radius 3 is 2.50 bits per heavy atom. The topological polar surface area (TPSA) is 69.9 Å². The van der Waals surface area contributed by atoms with E-state index in [4.69, 9.17) is 21.1 Å². The highest BCUT2D eigenvalue weighted by molar-refractivity contribution is 7.07. The third-order valence-corrected chi connectivity index (χ3v) is 7.38. The second-order valence-electron chi connectivity index (χ2n) is 8.67. The van der Waals surface area contributed by atoms with Crippen LogP contribution in [0.25, 0.3) is 6.08 Å². The fourth-order valence-electron chi connectivity index (χ4n) is 4.36. The van der Waals surface area contributed by atoms with Gasteiger partial charge in [-0.2, -0.15) is 0 Å². The maximum atomic E-state index is 13.8. The van der Waals surface area contributed by atoms with E-state index in [1.807, 2.05) is 72.8 Å². The van der Waals surface area contributed by atoms with Crippen molar-refractivity contribution in [2.45, 2.75) is 26.5 Å². The Morgan fingerprint density at radius 2 is 1.76 bits per heavy atom. The molecule has 0 amide bonds. The second kappa shape index (κ2) is 11.2. The van der Waals surface area contributed by atoms with Gasteiger partial charge in [0.15, 0.2) is 4.80 Å². The van der Waals surface area contributed by atoms with Gasteiger partial charge in [-0.05, 0) is 49.2 Å². The van der Waals surface area contributed by atoms with Crippen molar-refractivity contribution in [1.82, 2.24) is 4.57 Å². The molecule has 0 bridgehead atoms. The second-order valence-corrected chi connectivity index (χ2v) is 10.1. The molecule has 0 radical (unpaired) electrons. The summed E-state index contributed by atoms with van der Waals surface area (Å²) in [6.45, 7) is 4.13. The molecule has 1 aromatic heterocycles. The zero-order valence-corrected chi connectivity index (χ0v) is 22.5. The minimum Gasteiger partial charge on any atom is -0.488 e. The number of ether oxygens (including phenoxy) is 2. The van der Waals surface area contributed by atoms with Crippen molar-refractivity contribution in [3.8, 4) is 5.75 Å². The highest BCUT2D eigenvalue weighted by Crippen LogP contribution is 2.31. The number of benzene rings is 3. The van der Waals surface area contributed by atoms with Crippen molar-refractivity contribution in [3.63, 3.8) is 0 Å². The standard InChI is InChI=1S/C30H25ClN2O4S/c1-3-36-29(35)26-19(2)32-30-33(27(26)21-13-15-23(31)16-14-21)28(34)25(38-30)17-22-11-7-8-12-24(22)37-18-20-9-5-4-6-10-20/h4-17,27H,3,18H2,1-2H3/b25-17+. The minimum absolute atomic E-state index is 0.215. The van der Waals surface area contributed by atoms with E-state index in [1.165, 1.54) is 11.3 Å². The molecule has 0 N–H and O–H groups in total. The molecular formula is C30H25ClN2O4S. The Hall–Kier alpha value is -3.94. The zero-order valence-electron chi connectivity index (χ0n) is 20.9. The summed E-state index contributed by atoms with van der Waals surface area (Å²) in [4.78, 5) is 32.0. The lowest BCUT2D eigenvalue weighted by Crippen LogP contribution is -2.39. The van der Waals surface area contributed by atoms with Crippen molar-refractivity contribution in [1.29, 1.82) is 0 Å². The number of allylic oxidation sites excluding steroid dienone is 1. The molecule has 192 valence electrons. The highest BCUT2D eigenvalue weighted by Gasteiger charge is 2.33. The van der Waals surface area contributed by atoms with Crippen LogP contribution < -0.4 is 19.6 Å². The quantitative estimate of drug-likeness (QED) is 0.306. The summed E-state index contributed by atoms with van der Waals surface area (Å²) < 4.78 is 13.5. The van der Waals surface area contributed by atoms with Crippen LogP contribution in [0.3, 0.4) is 0 Å². The summed E-state index contributed by atoms with van der Waals surface area (Å²) in [6.07, 6.45) is 1.81. The number of rotatable bonds is 7. The first-order chi connectivity index (χ1) is 18.5. The summed E-state index contributed by atoms with van der Waals surface area (Å²) in [6, 6.07) is 23.9. The predicted molar refractivity (Wildman–Crippen MR) is 149 cm³/mol.